The maximum absolute atomic E-state index is 13.0. The van der Waals surface area contributed by atoms with E-state index in [0.29, 0.717) is 30.3 Å². The number of amides is 3. The first-order valence-electron chi connectivity index (χ1n) is 17.4. The molecule has 1 saturated carbocycles. The molecule has 0 spiro atoms. The second-order valence-electron chi connectivity index (χ2n) is 13.7. The van der Waals surface area contributed by atoms with Crippen LogP contribution in [-0.4, -0.2) is 92.8 Å². The summed E-state index contributed by atoms with van der Waals surface area (Å²) in [7, 11) is 3.59. The van der Waals surface area contributed by atoms with E-state index >= 15 is 0 Å². The summed E-state index contributed by atoms with van der Waals surface area (Å²) in [6.07, 6.45) is 6.99. The molecule has 3 aromatic heterocycles. The summed E-state index contributed by atoms with van der Waals surface area (Å²) in [5, 5.41) is 22.0. The van der Waals surface area contributed by atoms with Crippen molar-refractivity contribution in [1.82, 2.24) is 40.1 Å². The van der Waals surface area contributed by atoms with Crippen molar-refractivity contribution in [2.75, 3.05) is 55.8 Å². The lowest BCUT2D eigenvalue weighted by molar-refractivity contribution is -0.117. The Morgan fingerprint density at radius 3 is 2.52 bits per heavy atom. The molecule has 258 valence electrons. The largest absolute Gasteiger partial charge is 0.366 e. The molecule has 3 amide bonds. The smallest absolute Gasteiger partial charge is 0.273 e. The van der Waals surface area contributed by atoms with Crippen molar-refractivity contribution in [1.29, 1.82) is 0 Å². The van der Waals surface area contributed by atoms with Gasteiger partial charge in [0, 0.05) is 69.9 Å². The van der Waals surface area contributed by atoms with Gasteiger partial charge in [-0.15, -0.1) is 10.2 Å². The lowest BCUT2D eigenvalue weighted by atomic mass is 9.97. The fourth-order valence-corrected chi connectivity index (χ4v) is 7.22. The predicted octanol–water partition coefficient (Wildman–Crippen LogP) is 3.82. The van der Waals surface area contributed by atoms with Crippen molar-refractivity contribution in [3.8, 4) is 11.1 Å². The number of benzene rings is 1. The lowest BCUT2D eigenvalue weighted by Gasteiger charge is -2.40. The number of likely N-dealkylation sites (tertiary alicyclic amines) is 2. The number of carbonyl (C=O) groups excluding carboxylic acids is 3. The lowest BCUT2D eigenvalue weighted by Crippen LogP contribution is -2.48. The molecule has 1 aromatic carbocycles. The van der Waals surface area contributed by atoms with E-state index in [1.165, 1.54) is 6.42 Å². The van der Waals surface area contributed by atoms with E-state index in [2.05, 4.69) is 46.7 Å². The number of piperidine rings is 1. The number of nitrogens with one attached hydrogen (secondary N) is 3. The summed E-state index contributed by atoms with van der Waals surface area (Å²) in [5.41, 5.74) is 7.04. The van der Waals surface area contributed by atoms with E-state index in [-0.39, 0.29) is 35.4 Å². The van der Waals surface area contributed by atoms with Gasteiger partial charge in [-0.25, -0.2) is 4.98 Å². The molecular formula is C36H41N11O3. The number of rotatable bonds is 9. The maximum atomic E-state index is 13.0. The summed E-state index contributed by atoms with van der Waals surface area (Å²) in [5.74, 6) is -0.131. The number of fused-ring (bicyclic) bond motifs is 3. The van der Waals surface area contributed by atoms with Gasteiger partial charge in [-0.2, -0.15) is 5.10 Å². The maximum Gasteiger partial charge on any atom is 0.273 e. The third kappa shape index (κ3) is 6.15. The summed E-state index contributed by atoms with van der Waals surface area (Å²) >= 11 is 0. The Kier molecular flexibility index (Phi) is 8.39. The highest BCUT2D eigenvalue weighted by atomic mass is 16.2. The van der Waals surface area contributed by atoms with Gasteiger partial charge in [-0.3, -0.25) is 24.0 Å². The van der Waals surface area contributed by atoms with E-state index in [1.54, 1.807) is 13.1 Å². The number of pyridine rings is 1. The molecule has 8 rings (SSSR count). The molecule has 50 heavy (non-hydrogen) atoms. The monoisotopic (exact) mass is 675 g/mol. The van der Waals surface area contributed by atoms with Crippen LogP contribution in [0.1, 0.15) is 70.5 Å². The topological polar surface area (TPSA) is 154 Å². The Bertz CT molecular complexity index is 1960. The first-order valence-corrected chi connectivity index (χ1v) is 17.4. The average Bonchev–Trinajstić information content (AvgIpc) is 3.90. The highest BCUT2D eigenvalue weighted by Gasteiger charge is 2.35. The average molecular weight is 676 g/mol. The van der Waals surface area contributed by atoms with Gasteiger partial charge in [-0.05, 0) is 50.3 Å². The predicted molar refractivity (Wildman–Crippen MR) is 188 cm³/mol. The first kappa shape index (κ1) is 31.9. The van der Waals surface area contributed by atoms with E-state index < -0.39 is 0 Å². The summed E-state index contributed by atoms with van der Waals surface area (Å²) in [6, 6.07) is 13.7. The standard InChI is InChI=1S/C36H41N11O3/c1-37-35(49)32-29(16-31(42-43-32)41-34(48)22-12-13-22)40-27-10-7-9-25-26-17-38-47(30(26)21-44(2)33(25)27)24-19-45(20-24)18-23-8-6-11-28(39-23)36(50)46-14-4-3-5-15-46/h6-11,16-17,22,24H,3-5,12-15,18-21H2,1-2H3,(H,37,49)(H2,40,41,42,48). The highest BCUT2D eigenvalue weighted by molar-refractivity contribution is 6.01. The Labute approximate surface area is 290 Å². The molecule has 4 aromatic rings. The van der Waals surface area contributed by atoms with Crippen LogP contribution in [0.4, 0.5) is 22.9 Å². The third-order valence-corrected chi connectivity index (χ3v) is 10.0. The van der Waals surface area contributed by atoms with Crippen LogP contribution in [0.15, 0.2) is 48.7 Å². The van der Waals surface area contributed by atoms with E-state index in [1.807, 2.05) is 48.5 Å². The zero-order valence-corrected chi connectivity index (χ0v) is 28.4. The van der Waals surface area contributed by atoms with Crippen molar-refractivity contribution >= 4 is 40.6 Å². The minimum absolute atomic E-state index is 0.00923. The summed E-state index contributed by atoms with van der Waals surface area (Å²) < 4.78 is 2.15. The van der Waals surface area contributed by atoms with Crippen molar-refractivity contribution in [3.05, 3.63) is 71.4 Å². The summed E-state index contributed by atoms with van der Waals surface area (Å²) in [6.45, 7) is 4.65. The minimum Gasteiger partial charge on any atom is -0.366 e. The zero-order valence-electron chi connectivity index (χ0n) is 28.4. The van der Waals surface area contributed by atoms with Gasteiger partial charge < -0.3 is 25.8 Å². The number of anilines is 4. The Hall–Kier alpha value is -5.37. The fourth-order valence-electron chi connectivity index (χ4n) is 7.22. The molecule has 2 saturated heterocycles. The zero-order chi connectivity index (χ0) is 34.4. The third-order valence-electron chi connectivity index (χ3n) is 10.0. The van der Waals surface area contributed by atoms with Crippen molar-refractivity contribution in [2.24, 2.45) is 5.92 Å². The van der Waals surface area contributed by atoms with Crippen LogP contribution in [-0.2, 0) is 17.9 Å². The SMILES string of the molecule is CNC(=O)c1nnc(NC(=O)C2CC2)cc1Nc1cccc2c1N(C)Cc1c-2cnn1C1CN(Cc2cccc(C(=O)N3CCCCC3)n2)C1. The van der Waals surface area contributed by atoms with Crippen LogP contribution in [0.3, 0.4) is 0 Å². The molecular weight excluding hydrogens is 634 g/mol. The van der Waals surface area contributed by atoms with Crippen molar-refractivity contribution in [2.45, 2.75) is 51.2 Å². The number of hydrogen-bond donors (Lipinski definition) is 3. The minimum atomic E-state index is -0.384. The fraction of sp³-hybridized carbons (Fsp3) is 0.417. The number of hydrogen-bond acceptors (Lipinski definition) is 10. The normalized spacial score (nSPS) is 17.4. The Morgan fingerprint density at radius 2 is 1.74 bits per heavy atom. The van der Waals surface area contributed by atoms with Crippen LogP contribution < -0.4 is 20.9 Å². The van der Waals surface area contributed by atoms with E-state index in [4.69, 9.17) is 10.1 Å². The first-order chi connectivity index (χ1) is 24.4. The molecule has 3 N–H and O–H groups in total. The van der Waals surface area contributed by atoms with Crippen LogP contribution in [0.25, 0.3) is 11.1 Å². The van der Waals surface area contributed by atoms with Gasteiger partial charge in [0.05, 0.1) is 47.2 Å². The second-order valence-corrected chi connectivity index (χ2v) is 13.7. The van der Waals surface area contributed by atoms with Gasteiger partial charge in [0.2, 0.25) is 5.91 Å². The van der Waals surface area contributed by atoms with Crippen LogP contribution in [0.2, 0.25) is 0 Å². The molecule has 0 bridgehead atoms. The molecule has 0 unspecified atom stereocenters. The van der Waals surface area contributed by atoms with Gasteiger partial charge in [0.1, 0.15) is 5.69 Å². The molecule has 3 fully saturated rings. The molecule has 0 radical (unpaired) electrons. The molecule has 6 heterocycles. The quantitative estimate of drug-likeness (QED) is 0.239. The molecule has 14 heteroatoms. The van der Waals surface area contributed by atoms with Crippen molar-refractivity contribution in [3.63, 3.8) is 0 Å². The Balaban J connectivity index is 0.982. The number of para-hydroxylation sites is 1. The van der Waals surface area contributed by atoms with E-state index in [0.717, 1.165) is 85.8 Å². The van der Waals surface area contributed by atoms with Crippen LogP contribution in [0.5, 0.6) is 0 Å². The van der Waals surface area contributed by atoms with Crippen LogP contribution >= 0.6 is 0 Å². The van der Waals surface area contributed by atoms with Gasteiger partial charge >= 0.3 is 0 Å². The second kappa shape index (κ2) is 13.2. The number of carbonyl (C=O) groups is 3. The Morgan fingerprint density at radius 1 is 0.940 bits per heavy atom. The van der Waals surface area contributed by atoms with E-state index in [9.17, 15) is 14.4 Å². The van der Waals surface area contributed by atoms with Gasteiger partial charge in [0.25, 0.3) is 11.8 Å². The molecule has 4 aliphatic rings. The van der Waals surface area contributed by atoms with Crippen LogP contribution in [0, 0.1) is 5.92 Å². The van der Waals surface area contributed by atoms with Gasteiger partial charge in [0.15, 0.2) is 11.5 Å². The molecule has 3 aliphatic heterocycles. The molecule has 14 nitrogen and oxygen atoms in total. The highest BCUT2D eigenvalue weighted by Crippen LogP contribution is 2.45. The number of nitrogens with zero attached hydrogens (tertiary/aromatic N) is 8. The number of aromatic nitrogens is 5. The summed E-state index contributed by atoms with van der Waals surface area (Å²) in [4.78, 5) is 49.4. The van der Waals surface area contributed by atoms with Gasteiger partial charge in [-0.1, -0.05) is 18.2 Å². The molecule has 0 atom stereocenters. The molecule has 1 aliphatic carbocycles. The van der Waals surface area contributed by atoms with Crippen molar-refractivity contribution < 1.29 is 14.4 Å².